The number of benzene rings is 1. The smallest absolute Gasteiger partial charge is 0.122 e. The molecule has 1 atom stereocenters. The van der Waals surface area contributed by atoms with E-state index >= 15 is 0 Å². The van der Waals surface area contributed by atoms with Crippen molar-refractivity contribution in [2.75, 3.05) is 13.7 Å². The fourth-order valence-electron chi connectivity index (χ4n) is 2.91. The molecule has 2 aromatic rings. The maximum atomic E-state index is 5.58. The largest absolute Gasteiger partial charge is 0.493 e. The molecule has 4 nitrogen and oxygen atoms in total. The summed E-state index contributed by atoms with van der Waals surface area (Å²) in [6, 6.07) is 6.77. The number of fused-ring (bicyclic) bond motifs is 1. The van der Waals surface area contributed by atoms with Crippen molar-refractivity contribution < 1.29 is 4.74 Å². The molecule has 0 saturated carbocycles. The second kappa shape index (κ2) is 5.81. The van der Waals surface area contributed by atoms with E-state index in [1.165, 1.54) is 16.8 Å². The molecule has 1 aromatic carbocycles. The first-order chi connectivity index (χ1) is 10.1. The minimum absolute atomic E-state index is 0.266. The van der Waals surface area contributed by atoms with Gasteiger partial charge in [0.05, 0.1) is 22.5 Å². The SMILES string of the molecule is CNC(Cc1c(Br)c(C)nn1C)c1ccc2c(c1)CCO2. The van der Waals surface area contributed by atoms with Gasteiger partial charge >= 0.3 is 0 Å². The van der Waals surface area contributed by atoms with Crippen LogP contribution in [-0.4, -0.2) is 23.4 Å². The molecule has 1 aliphatic heterocycles. The fourth-order valence-corrected chi connectivity index (χ4v) is 3.40. The number of halogens is 1. The zero-order valence-electron chi connectivity index (χ0n) is 12.6. The number of hydrogen-bond acceptors (Lipinski definition) is 3. The van der Waals surface area contributed by atoms with Crippen LogP contribution in [0.2, 0.25) is 0 Å². The van der Waals surface area contributed by atoms with Gasteiger partial charge in [-0.1, -0.05) is 12.1 Å². The Kier molecular flexibility index (Phi) is 4.04. The van der Waals surface area contributed by atoms with Gasteiger partial charge in [0, 0.05) is 25.9 Å². The third-order valence-corrected chi connectivity index (χ3v) is 5.15. The molecule has 1 unspecified atom stereocenters. The van der Waals surface area contributed by atoms with Crippen LogP contribution in [0.25, 0.3) is 0 Å². The fraction of sp³-hybridized carbons (Fsp3) is 0.438. The molecule has 0 bridgehead atoms. The number of nitrogens with zero attached hydrogens (tertiary/aromatic N) is 2. The lowest BCUT2D eigenvalue weighted by Gasteiger charge is -2.18. The van der Waals surface area contributed by atoms with Gasteiger partial charge in [-0.2, -0.15) is 5.10 Å². The van der Waals surface area contributed by atoms with Crippen LogP contribution in [0.3, 0.4) is 0 Å². The molecule has 2 heterocycles. The lowest BCUT2D eigenvalue weighted by Crippen LogP contribution is -2.20. The van der Waals surface area contributed by atoms with Crippen molar-refractivity contribution in [2.45, 2.75) is 25.8 Å². The molecule has 1 aliphatic rings. The lowest BCUT2D eigenvalue weighted by atomic mass is 9.99. The van der Waals surface area contributed by atoms with E-state index in [9.17, 15) is 0 Å². The third-order valence-electron chi connectivity index (χ3n) is 4.12. The number of likely N-dealkylation sites (N-methyl/N-ethyl adjacent to an activating group) is 1. The van der Waals surface area contributed by atoms with E-state index in [-0.39, 0.29) is 6.04 Å². The number of ether oxygens (including phenoxy) is 1. The van der Waals surface area contributed by atoms with E-state index in [1.807, 2.05) is 25.7 Å². The van der Waals surface area contributed by atoms with Crippen molar-refractivity contribution in [2.24, 2.45) is 7.05 Å². The first-order valence-corrected chi connectivity index (χ1v) is 8.00. The second-order valence-corrected chi connectivity index (χ2v) is 6.27. The highest BCUT2D eigenvalue weighted by molar-refractivity contribution is 9.10. The molecular weight excluding hydrogens is 330 g/mol. The minimum Gasteiger partial charge on any atom is -0.493 e. The van der Waals surface area contributed by atoms with Gasteiger partial charge in [0.2, 0.25) is 0 Å². The van der Waals surface area contributed by atoms with Crippen LogP contribution >= 0.6 is 15.9 Å². The maximum absolute atomic E-state index is 5.58. The number of aromatic nitrogens is 2. The number of aryl methyl sites for hydroxylation is 2. The average molecular weight is 350 g/mol. The zero-order valence-corrected chi connectivity index (χ0v) is 14.2. The maximum Gasteiger partial charge on any atom is 0.122 e. The van der Waals surface area contributed by atoms with Gasteiger partial charge in [0.15, 0.2) is 0 Å². The standard InChI is InChI=1S/C16H20BrN3O/c1-10-16(17)14(20(3)19-10)9-13(18-2)11-4-5-15-12(8-11)6-7-21-15/h4-5,8,13,18H,6-7,9H2,1-3H3. The quantitative estimate of drug-likeness (QED) is 0.922. The summed E-state index contributed by atoms with van der Waals surface area (Å²) in [5, 5.41) is 7.89. The Bertz CT molecular complexity index is 666. The summed E-state index contributed by atoms with van der Waals surface area (Å²) < 4.78 is 8.65. The molecule has 0 saturated heterocycles. The molecule has 5 heteroatoms. The predicted octanol–water partition coefficient (Wildman–Crippen LogP) is 2.93. The Morgan fingerprint density at radius 1 is 1.48 bits per heavy atom. The molecule has 0 aliphatic carbocycles. The van der Waals surface area contributed by atoms with E-state index in [4.69, 9.17) is 4.74 Å². The molecule has 112 valence electrons. The molecular formula is C16H20BrN3O. The summed E-state index contributed by atoms with van der Waals surface area (Å²) in [5.74, 6) is 1.03. The Labute approximate surface area is 133 Å². The van der Waals surface area contributed by atoms with Gasteiger partial charge < -0.3 is 10.1 Å². The van der Waals surface area contributed by atoms with E-state index in [0.717, 1.165) is 35.4 Å². The highest BCUT2D eigenvalue weighted by atomic mass is 79.9. The number of nitrogens with one attached hydrogen (secondary N) is 1. The molecule has 1 aromatic heterocycles. The summed E-state index contributed by atoms with van der Waals surface area (Å²) >= 11 is 3.65. The van der Waals surface area contributed by atoms with Crippen molar-refractivity contribution >= 4 is 15.9 Å². The average Bonchev–Trinajstić information content (AvgIpc) is 3.03. The number of rotatable bonds is 4. The van der Waals surface area contributed by atoms with Crippen LogP contribution < -0.4 is 10.1 Å². The van der Waals surface area contributed by atoms with E-state index < -0.39 is 0 Å². The zero-order chi connectivity index (χ0) is 15.0. The molecule has 21 heavy (non-hydrogen) atoms. The highest BCUT2D eigenvalue weighted by Gasteiger charge is 2.19. The van der Waals surface area contributed by atoms with Crippen molar-refractivity contribution in [3.05, 3.63) is 45.2 Å². The van der Waals surface area contributed by atoms with Gasteiger partial charge in [-0.25, -0.2) is 0 Å². The van der Waals surface area contributed by atoms with Gasteiger partial charge in [0.25, 0.3) is 0 Å². The minimum atomic E-state index is 0.266. The van der Waals surface area contributed by atoms with E-state index in [0.29, 0.717) is 0 Å². The van der Waals surface area contributed by atoms with Gasteiger partial charge in [-0.05, 0) is 47.1 Å². The van der Waals surface area contributed by atoms with Gasteiger partial charge in [-0.3, -0.25) is 4.68 Å². The Hall–Kier alpha value is -1.33. The first-order valence-electron chi connectivity index (χ1n) is 7.21. The molecule has 0 fully saturated rings. The van der Waals surface area contributed by atoms with Crippen LogP contribution in [-0.2, 0) is 19.9 Å². The highest BCUT2D eigenvalue weighted by Crippen LogP contribution is 2.30. The predicted molar refractivity (Wildman–Crippen MR) is 86.8 cm³/mol. The van der Waals surface area contributed by atoms with Crippen molar-refractivity contribution in [1.82, 2.24) is 15.1 Å². The molecule has 0 amide bonds. The molecule has 0 spiro atoms. The van der Waals surface area contributed by atoms with Crippen LogP contribution in [0.1, 0.15) is 28.6 Å². The van der Waals surface area contributed by atoms with Crippen LogP contribution in [0.4, 0.5) is 0 Å². The lowest BCUT2D eigenvalue weighted by molar-refractivity contribution is 0.356. The summed E-state index contributed by atoms with van der Waals surface area (Å²) in [5.41, 5.74) is 4.86. The number of hydrogen-bond donors (Lipinski definition) is 1. The van der Waals surface area contributed by atoms with Crippen molar-refractivity contribution in [3.63, 3.8) is 0 Å². The van der Waals surface area contributed by atoms with Crippen molar-refractivity contribution in [3.8, 4) is 5.75 Å². The van der Waals surface area contributed by atoms with Crippen LogP contribution in [0.5, 0.6) is 5.75 Å². The summed E-state index contributed by atoms with van der Waals surface area (Å²) in [4.78, 5) is 0. The van der Waals surface area contributed by atoms with Crippen LogP contribution in [0, 0.1) is 6.92 Å². The second-order valence-electron chi connectivity index (χ2n) is 5.48. The van der Waals surface area contributed by atoms with E-state index in [1.54, 1.807) is 0 Å². The summed E-state index contributed by atoms with van der Waals surface area (Å²) in [6.45, 7) is 2.82. The van der Waals surface area contributed by atoms with Crippen molar-refractivity contribution in [1.29, 1.82) is 0 Å². The normalized spacial score (nSPS) is 14.9. The molecule has 1 N–H and O–H groups in total. The Morgan fingerprint density at radius 3 is 2.95 bits per heavy atom. The van der Waals surface area contributed by atoms with Gasteiger partial charge in [0.1, 0.15) is 5.75 Å². The topological polar surface area (TPSA) is 39.1 Å². The Balaban J connectivity index is 1.88. The first kappa shape index (κ1) is 14.6. The summed E-state index contributed by atoms with van der Waals surface area (Å²) in [7, 11) is 4.00. The molecule has 3 rings (SSSR count). The van der Waals surface area contributed by atoms with Gasteiger partial charge in [-0.15, -0.1) is 0 Å². The third kappa shape index (κ3) is 2.72. The van der Waals surface area contributed by atoms with E-state index in [2.05, 4.69) is 44.5 Å². The summed E-state index contributed by atoms with van der Waals surface area (Å²) in [6.07, 6.45) is 1.90. The monoisotopic (exact) mass is 349 g/mol. The van der Waals surface area contributed by atoms with Crippen LogP contribution in [0.15, 0.2) is 22.7 Å². The Morgan fingerprint density at radius 2 is 2.29 bits per heavy atom. The molecule has 0 radical (unpaired) electrons.